The highest BCUT2D eigenvalue weighted by Gasteiger charge is 2.40. The first kappa shape index (κ1) is 34.6. The molecule has 230 valence electrons. The molecule has 0 atom stereocenters. The van der Waals surface area contributed by atoms with Crippen molar-refractivity contribution in [3.63, 3.8) is 0 Å². The lowest BCUT2D eigenvalue weighted by Crippen LogP contribution is -1.95. The highest BCUT2D eigenvalue weighted by molar-refractivity contribution is 9.01. The fourth-order valence-electron chi connectivity index (χ4n) is 4.08. The molecular weight excluding hydrogens is 730 g/mol. The molecule has 0 radical (unpaired) electrons. The van der Waals surface area contributed by atoms with Crippen LogP contribution in [-0.2, 0) is 0 Å². The van der Waals surface area contributed by atoms with Gasteiger partial charge in [-0.1, -0.05) is 177 Å². The lowest BCUT2D eigenvalue weighted by Gasteiger charge is -2.37. The van der Waals surface area contributed by atoms with Crippen molar-refractivity contribution in [2.45, 2.75) is 34.5 Å². The zero-order valence-corrected chi connectivity index (χ0v) is 32.3. The third-order valence-electron chi connectivity index (χ3n) is 6.20. The van der Waals surface area contributed by atoms with Crippen molar-refractivity contribution < 1.29 is 0 Å². The Labute approximate surface area is 301 Å². The summed E-state index contributed by atoms with van der Waals surface area (Å²) in [6.07, 6.45) is -1.90. The van der Waals surface area contributed by atoms with E-state index in [0.717, 1.165) is 0 Å². The van der Waals surface area contributed by atoms with Gasteiger partial charge in [0.1, 0.15) is 0 Å². The second-order valence-corrected chi connectivity index (χ2v) is 30.5. The van der Waals surface area contributed by atoms with Crippen LogP contribution in [0.15, 0.2) is 211 Å². The Bertz CT molecular complexity index is 1370. The molecule has 0 nitrogen and oxygen atoms in total. The van der Waals surface area contributed by atoms with Gasteiger partial charge >= 0.3 is 0 Å². The summed E-state index contributed by atoms with van der Waals surface area (Å²) in [5.41, 5.74) is 0. The van der Waals surface area contributed by atoms with E-state index in [1.54, 1.807) is 0 Å². The van der Waals surface area contributed by atoms with E-state index in [4.69, 9.17) is 0 Å². The molecule has 0 aliphatic carbocycles. The standard InChI is InChI=1S/C37H31P3S6/c1-7-19-31(20-8-1)41-38(42-32-21-9-2-10-22-32)37(39(43-33-23-11-3-12-24-33)44-34-25-13-4-14-26-34)40(45-35-27-15-5-16-28-35)46-36-29-17-6-18-30-36/h1-30,37H. The van der Waals surface area contributed by atoms with E-state index < -0.39 is 19.0 Å². The molecule has 0 aliphatic heterocycles. The predicted molar refractivity (Wildman–Crippen MR) is 218 cm³/mol. The zero-order chi connectivity index (χ0) is 31.2. The monoisotopic (exact) mass is 760 g/mol. The van der Waals surface area contributed by atoms with E-state index in [2.05, 4.69) is 250 Å². The molecule has 6 rings (SSSR count). The van der Waals surface area contributed by atoms with Gasteiger partial charge in [0, 0.05) is 48.3 Å². The largest absolute Gasteiger partial charge is 0.0857 e. The van der Waals surface area contributed by atoms with Crippen molar-refractivity contribution in [3.05, 3.63) is 182 Å². The van der Waals surface area contributed by atoms with E-state index in [9.17, 15) is 0 Å². The number of benzene rings is 6. The van der Waals surface area contributed by atoms with Gasteiger partial charge in [-0.3, -0.25) is 0 Å². The summed E-state index contributed by atoms with van der Waals surface area (Å²) < 4.78 is 0. The first-order chi connectivity index (χ1) is 22.8. The topological polar surface area (TPSA) is 0 Å². The van der Waals surface area contributed by atoms with Gasteiger partial charge in [0.05, 0.1) is 5.14 Å². The molecule has 9 heteroatoms. The highest BCUT2D eigenvalue weighted by Crippen LogP contribution is 2.94. The van der Waals surface area contributed by atoms with E-state index in [0.29, 0.717) is 5.14 Å². The molecular formula is C37H31P3S6. The summed E-state index contributed by atoms with van der Waals surface area (Å²) in [4.78, 5) is 8.06. The maximum absolute atomic E-state index is 2.29. The summed E-state index contributed by atoms with van der Waals surface area (Å²) >= 11 is 12.6. The normalized spacial score (nSPS) is 11.5. The molecule has 0 N–H and O–H groups in total. The van der Waals surface area contributed by atoms with Crippen LogP contribution in [0.1, 0.15) is 0 Å². The van der Waals surface area contributed by atoms with Crippen molar-refractivity contribution in [1.29, 1.82) is 0 Å². The van der Waals surface area contributed by atoms with Crippen LogP contribution in [0, 0.1) is 0 Å². The summed E-state index contributed by atoms with van der Waals surface area (Å²) in [5, 5.41) is 0.446. The van der Waals surface area contributed by atoms with Gasteiger partial charge in [-0.15, -0.1) is 0 Å². The Morgan fingerprint density at radius 3 is 0.543 bits per heavy atom. The van der Waals surface area contributed by atoms with Crippen molar-refractivity contribution in [3.8, 4) is 0 Å². The minimum Gasteiger partial charge on any atom is -0.0857 e. The average Bonchev–Trinajstić information content (AvgIpc) is 3.11. The van der Waals surface area contributed by atoms with Gasteiger partial charge in [0.2, 0.25) is 0 Å². The van der Waals surface area contributed by atoms with Gasteiger partial charge in [0.15, 0.2) is 0 Å². The van der Waals surface area contributed by atoms with Crippen LogP contribution in [0.2, 0.25) is 0 Å². The SMILES string of the molecule is c1ccc(SP(Sc2ccccc2)C(P(Sc2ccccc2)Sc2ccccc2)P(Sc2ccccc2)Sc2ccccc2)cc1. The van der Waals surface area contributed by atoms with Crippen LogP contribution < -0.4 is 0 Å². The summed E-state index contributed by atoms with van der Waals surface area (Å²) in [5.74, 6) is 0. The summed E-state index contributed by atoms with van der Waals surface area (Å²) in [6, 6.07) is 66.4. The summed E-state index contributed by atoms with van der Waals surface area (Å²) in [7, 11) is 0. The van der Waals surface area contributed by atoms with Gasteiger partial charge < -0.3 is 0 Å². The maximum Gasteiger partial charge on any atom is 0.0767 e. The van der Waals surface area contributed by atoms with Gasteiger partial charge in [-0.25, -0.2) is 0 Å². The first-order valence-electron chi connectivity index (χ1n) is 14.6. The fraction of sp³-hybridized carbons (Fsp3) is 0.0270. The lowest BCUT2D eigenvalue weighted by atomic mass is 10.4. The second kappa shape index (κ2) is 19.0. The van der Waals surface area contributed by atoms with Crippen LogP contribution in [0.5, 0.6) is 0 Å². The molecule has 0 aliphatic rings. The average molecular weight is 761 g/mol. The molecule has 0 fully saturated rings. The Hall–Kier alpha value is -1.29. The van der Waals surface area contributed by atoms with E-state index in [1.165, 1.54) is 29.4 Å². The van der Waals surface area contributed by atoms with Crippen molar-refractivity contribution in [2.24, 2.45) is 0 Å². The lowest BCUT2D eigenvalue weighted by molar-refractivity contribution is 1.47. The van der Waals surface area contributed by atoms with Crippen LogP contribution in [-0.4, -0.2) is 5.14 Å². The number of hydrogen-bond acceptors (Lipinski definition) is 6. The number of rotatable bonds is 15. The molecule has 0 spiro atoms. The third kappa shape index (κ3) is 10.9. The van der Waals surface area contributed by atoms with Crippen molar-refractivity contribution in [1.82, 2.24) is 0 Å². The Morgan fingerprint density at radius 1 is 0.239 bits per heavy atom. The van der Waals surface area contributed by atoms with Crippen LogP contribution in [0.3, 0.4) is 0 Å². The van der Waals surface area contributed by atoms with E-state index in [1.807, 2.05) is 0 Å². The molecule has 6 aromatic rings. The predicted octanol–water partition coefficient (Wildman–Crippen LogP) is 16.0. The van der Waals surface area contributed by atoms with Crippen LogP contribution >= 0.6 is 87.3 Å². The molecule has 0 bridgehead atoms. The molecule has 6 aromatic carbocycles. The van der Waals surface area contributed by atoms with E-state index in [-0.39, 0.29) is 0 Å². The van der Waals surface area contributed by atoms with Gasteiger partial charge in [-0.05, 0) is 72.8 Å². The van der Waals surface area contributed by atoms with Crippen LogP contribution in [0.25, 0.3) is 0 Å². The second-order valence-electron chi connectivity index (χ2n) is 9.63. The molecule has 0 saturated heterocycles. The third-order valence-corrected chi connectivity index (χ3v) is 35.9. The molecule has 0 heterocycles. The molecule has 0 saturated carbocycles. The van der Waals surface area contributed by atoms with Crippen LogP contribution in [0.4, 0.5) is 0 Å². The Kier molecular flexibility index (Phi) is 14.3. The quantitative estimate of drug-likeness (QED) is 0.0949. The van der Waals surface area contributed by atoms with Crippen molar-refractivity contribution >= 4 is 87.3 Å². The Balaban J connectivity index is 1.50. The first-order valence-corrected chi connectivity index (χ1v) is 27.3. The molecule has 46 heavy (non-hydrogen) atoms. The van der Waals surface area contributed by atoms with Gasteiger partial charge in [-0.2, -0.15) is 0 Å². The minimum atomic E-state index is -0.633. The molecule has 0 unspecified atom stereocenters. The van der Waals surface area contributed by atoms with E-state index >= 15 is 0 Å². The maximum atomic E-state index is 2.29. The smallest absolute Gasteiger partial charge is 0.0767 e. The fourth-order valence-corrected chi connectivity index (χ4v) is 44.9. The van der Waals surface area contributed by atoms with Gasteiger partial charge in [0.25, 0.3) is 0 Å². The molecule has 0 amide bonds. The minimum absolute atomic E-state index is 0.446. The number of hydrogen-bond donors (Lipinski definition) is 0. The summed E-state index contributed by atoms with van der Waals surface area (Å²) in [6.45, 7) is 0. The zero-order valence-electron chi connectivity index (χ0n) is 24.7. The molecule has 0 aromatic heterocycles. The Morgan fingerprint density at radius 2 is 0.391 bits per heavy atom. The van der Waals surface area contributed by atoms with Crippen molar-refractivity contribution in [2.75, 3.05) is 0 Å². The highest BCUT2D eigenvalue weighted by atomic mass is 33.1.